The van der Waals surface area contributed by atoms with Crippen LogP contribution in [0, 0.1) is 4.91 Å². The SMILES string of the molecule is Cl.O=C([O-])CCC1=C[N+](=O)C2=C1c1ccccc1NC2. The van der Waals surface area contributed by atoms with Gasteiger partial charge in [-0.05, 0) is 18.9 Å². The zero-order valence-corrected chi connectivity index (χ0v) is 11.4. The number of benzene rings is 1. The third-order valence-corrected chi connectivity index (χ3v) is 3.39. The Balaban J connectivity index is 0.00000147. The predicted molar refractivity (Wildman–Crippen MR) is 75.1 cm³/mol. The van der Waals surface area contributed by atoms with Crippen molar-refractivity contribution in [2.75, 3.05) is 11.9 Å². The van der Waals surface area contributed by atoms with E-state index in [1.165, 1.54) is 6.20 Å². The number of nitrogens with zero attached hydrogens (tertiary/aromatic N) is 1. The lowest BCUT2D eigenvalue weighted by atomic mass is 9.92. The first-order chi connectivity index (χ1) is 9.16. The third kappa shape index (κ3) is 2.32. The maximum Gasteiger partial charge on any atom is 0.266 e. The highest BCUT2D eigenvalue weighted by atomic mass is 35.5. The van der Waals surface area contributed by atoms with Crippen molar-refractivity contribution >= 4 is 29.6 Å². The number of hydrogen-bond acceptors (Lipinski definition) is 4. The first-order valence-electron chi connectivity index (χ1n) is 6.10. The minimum absolute atomic E-state index is 0. The summed E-state index contributed by atoms with van der Waals surface area (Å²) < 4.78 is 0.822. The van der Waals surface area contributed by atoms with E-state index in [2.05, 4.69) is 5.32 Å². The van der Waals surface area contributed by atoms with Gasteiger partial charge in [0.15, 0.2) is 0 Å². The quantitative estimate of drug-likeness (QED) is 0.856. The van der Waals surface area contributed by atoms with Gasteiger partial charge in [0.05, 0.1) is 10.3 Å². The molecule has 5 nitrogen and oxygen atoms in total. The van der Waals surface area contributed by atoms with Crippen LogP contribution in [0.3, 0.4) is 0 Å². The van der Waals surface area contributed by atoms with Crippen LogP contribution in [0.2, 0.25) is 0 Å². The zero-order chi connectivity index (χ0) is 13.4. The number of allylic oxidation sites excluding steroid dienone is 2. The van der Waals surface area contributed by atoms with Crippen LogP contribution >= 0.6 is 12.4 Å². The highest BCUT2D eigenvalue weighted by Crippen LogP contribution is 2.40. The molecule has 1 aromatic rings. The number of nitrogens with one attached hydrogen (secondary N) is 1. The first-order valence-corrected chi connectivity index (χ1v) is 6.10. The van der Waals surface area contributed by atoms with Gasteiger partial charge in [-0.1, -0.05) is 18.2 Å². The largest absolute Gasteiger partial charge is 0.550 e. The van der Waals surface area contributed by atoms with Crippen molar-refractivity contribution < 1.29 is 14.7 Å². The summed E-state index contributed by atoms with van der Waals surface area (Å²) in [7, 11) is 0. The van der Waals surface area contributed by atoms with Crippen molar-refractivity contribution in [2.45, 2.75) is 12.8 Å². The van der Waals surface area contributed by atoms with Crippen LogP contribution in [0.4, 0.5) is 5.69 Å². The molecule has 0 aromatic heterocycles. The summed E-state index contributed by atoms with van der Waals surface area (Å²) in [6.45, 7) is 0.459. The molecule has 2 aliphatic rings. The monoisotopic (exact) mass is 292 g/mol. The Kier molecular flexibility index (Phi) is 3.90. The fourth-order valence-corrected chi connectivity index (χ4v) is 2.53. The number of halogens is 1. The standard InChI is InChI=1S/C14H12N2O3.ClH/c17-13(18)6-5-9-8-16(19)12-7-15-11-4-2-1-3-10(11)14(9)12;/h1-4,8H,5-7H2,(H-,15,17,18,19);1H. The van der Waals surface area contributed by atoms with Crippen molar-refractivity contribution in [2.24, 2.45) is 0 Å². The van der Waals surface area contributed by atoms with Crippen molar-refractivity contribution in [3.63, 3.8) is 0 Å². The van der Waals surface area contributed by atoms with Crippen LogP contribution in [-0.2, 0) is 4.79 Å². The summed E-state index contributed by atoms with van der Waals surface area (Å²) >= 11 is 0. The van der Waals surface area contributed by atoms with Crippen molar-refractivity contribution in [1.29, 1.82) is 0 Å². The second-order valence-corrected chi connectivity index (χ2v) is 4.57. The van der Waals surface area contributed by atoms with Gasteiger partial charge in [0.2, 0.25) is 6.20 Å². The first kappa shape index (κ1) is 14.3. The number of carbonyl (C=O) groups is 1. The van der Waals surface area contributed by atoms with Crippen LogP contribution in [-0.4, -0.2) is 17.3 Å². The summed E-state index contributed by atoms with van der Waals surface area (Å²) in [5.74, 6) is -1.10. The maximum absolute atomic E-state index is 11.9. The Morgan fingerprint density at radius 2 is 2.10 bits per heavy atom. The Morgan fingerprint density at radius 1 is 1.35 bits per heavy atom. The lowest BCUT2D eigenvalue weighted by molar-refractivity contribution is -0.419. The van der Waals surface area contributed by atoms with Crippen LogP contribution in [0.25, 0.3) is 5.57 Å². The molecule has 0 unspecified atom stereocenters. The van der Waals surface area contributed by atoms with E-state index in [1.54, 1.807) is 0 Å². The third-order valence-electron chi connectivity index (χ3n) is 3.39. The second kappa shape index (κ2) is 5.46. The molecular formula is C14H13ClN2O3. The molecule has 0 saturated heterocycles. The van der Waals surface area contributed by atoms with Crippen LogP contribution < -0.4 is 10.4 Å². The number of carbonyl (C=O) groups excluding carboxylic acids is 1. The lowest BCUT2D eigenvalue weighted by Gasteiger charge is -2.17. The van der Waals surface area contributed by atoms with Gasteiger partial charge in [0.1, 0.15) is 6.54 Å². The molecule has 0 saturated carbocycles. The van der Waals surface area contributed by atoms with E-state index in [1.807, 2.05) is 24.3 Å². The molecule has 0 amide bonds. The second-order valence-electron chi connectivity index (χ2n) is 4.57. The molecule has 3 rings (SSSR count). The van der Waals surface area contributed by atoms with Gasteiger partial charge in [-0.25, -0.2) is 0 Å². The van der Waals surface area contributed by atoms with Gasteiger partial charge in [-0.3, -0.25) is 0 Å². The Hall–Kier alpha value is -2.14. The number of anilines is 1. The van der Waals surface area contributed by atoms with Crippen LogP contribution in [0.15, 0.2) is 41.7 Å². The molecule has 0 spiro atoms. The molecular weight excluding hydrogens is 280 g/mol. The smallest absolute Gasteiger partial charge is 0.266 e. The summed E-state index contributed by atoms with van der Waals surface area (Å²) in [4.78, 5) is 22.4. The number of hydrogen-bond donors (Lipinski definition) is 1. The fourth-order valence-electron chi connectivity index (χ4n) is 2.53. The van der Waals surface area contributed by atoms with E-state index in [9.17, 15) is 14.8 Å². The molecule has 1 N–H and O–H groups in total. The summed E-state index contributed by atoms with van der Waals surface area (Å²) in [6.07, 6.45) is 1.71. The molecule has 1 aromatic carbocycles. The molecule has 20 heavy (non-hydrogen) atoms. The number of nitroso groups, excluding NO2 is 1. The number of fused-ring (bicyclic) bond motifs is 2. The van der Waals surface area contributed by atoms with E-state index in [0.29, 0.717) is 18.7 Å². The van der Waals surface area contributed by atoms with E-state index in [0.717, 1.165) is 27.2 Å². The van der Waals surface area contributed by atoms with Crippen molar-refractivity contribution in [3.05, 3.63) is 52.2 Å². The predicted octanol–water partition coefficient (Wildman–Crippen LogP) is 1.45. The topological polar surface area (TPSA) is 72.2 Å². The normalized spacial score (nSPS) is 15.8. The average molecular weight is 293 g/mol. The Bertz CT molecular complexity index is 650. The summed E-state index contributed by atoms with van der Waals surface area (Å²) in [5.41, 5.74) is 4.20. The Morgan fingerprint density at radius 3 is 2.85 bits per heavy atom. The van der Waals surface area contributed by atoms with E-state index >= 15 is 0 Å². The van der Waals surface area contributed by atoms with Crippen LogP contribution in [0.5, 0.6) is 0 Å². The van der Waals surface area contributed by atoms with Gasteiger partial charge in [-0.2, -0.15) is 0 Å². The molecule has 0 bridgehead atoms. The van der Waals surface area contributed by atoms with Gasteiger partial charge in [0, 0.05) is 27.7 Å². The average Bonchev–Trinajstić information content (AvgIpc) is 2.73. The summed E-state index contributed by atoms with van der Waals surface area (Å²) in [6, 6.07) is 7.71. The minimum atomic E-state index is -1.10. The van der Waals surface area contributed by atoms with Crippen molar-refractivity contribution in [1.82, 2.24) is 0 Å². The molecule has 0 atom stereocenters. The number of carboxylic acids is 1. The highest BCUT2D eigenvalue weighted by molar-refractivity contribution is 5.90. The number of aliphatic carboxylic acids is 1. The molecule has 0 radical (unpaired) electrons. The minimum Gasteiger partial charge on any atom is -0.550 e. The highest BCUT2D eigenvalue weighted by Gasteiger charge is 2.36. The van der Waals surface area contributed by atoms with Gasteiger partial charge in [0.25, 0.3) is 5.70 Å². The van der Waals surface area contributed by atoms with E-state index in [-0.39, 0.29) is 18.8 Å². The Labute approximate surface area is 122 Å². The molecule has 2 aliphatic heterocycles. The number of rotatable bonds is 3. The van der Waals surface area contributed by atoms with Gasteiger partial charge < -0.3 is 15.2 Å². The van der Waals surface area contributed by atoms with Crippen LogP contribution in [0.1, 0.15) is 18.4 Å². The summed E-state index contributed by atoms with van der Waals surface area (Å²) in [5, 5.41) is 13.8. The fraction of sp³-hybridized carbons (Fsp3) is 0.214. The maximum atomic E-state index is 11.9. The van der Waals surface area contributed by atoms with Gasteiger partial charge >= 0.3 is 0 Å². The molecule has 0 aliphatic carbocycles. The van der Waals surface area contributed by atoms with E-state index in [4.69, 9.17) is 0 Å². The van der Waals surface area contributed by atoms with Gasteiger partial charge in [-0.15, -0.1) is 12.4 Å². The molecule has 0 fully saturated rings. The van der Waals surface area contributed by atoms with E-state index < -0.39 is 5.97 Å². The molecule has 6 heteroatoms. The number of carboxylic acid groups (broad SMARTS) is 1. The molecule has 104 valence electrons. The lowest BCUT2D eigenvalue weighted by Crippen LogP contribution is -2.21. The molecule has 2 heterocycles. The van der Waals surface area contributed by atoms with Crippen molar-refractivity contribution in [3.8, 4) is 0 Å². The zero-order valence-electron chi connectivity index (χ0n) is 10.6. The number of para-hydroxylation sites is 1.